The van der Waals surface area contributed by atoms with Crippen LogP contribution >= 0.6 is 0 Å². The Balaban J connectivity index is 2.10. The van der Waals surface area contributed by atoms with Crippen LogP contribution in [0.5, 0.6) is 0 Å². The Bertz CT molecular complexity index is 754. The van der Waals surface area contributed by atoms with E-state index in [2.05, 4.69) is 28.8 Å². The molecule has 0 spiro atoms. The van der Waals surface area contributed by atoms with Gasteiger partial charge in [-0.2, -0.15) is 0 Å². The fourth-order valence-corrected chi connectivity index (χ4v) is 2.32. The third kappa shape index (κ3) is 2.03. The van der Waals surface area contributed by atoms with Crippen molar-refractivity contribution in [3.63, 3.8) is 0 Å². The number of aromatic amines is 1. The van der Waals surface area contributed by atoms with Crippen molar-refractivity contribution in [2.24, 2.45) is 0 Å². The zero-order chi connectivity index (χ0) is 14.3. The van der Waals surface area contributed by atoms with E-state index in [4.69, 9.17) is 5.73 Å². The first-order chi connectivity index (χ1) is 9.46. The van der Waals surface area contributed by atoms with E-state index in [9.17, 15) is 0 Å². The number of aryl methyl sites for hydroxylation is 1. The third-order valence-corrected chi connectivity index (χ3v) is 3.71. The van der Waals surface area contributed by atoms with Crippen molar-refractivity contribution < 1.29 is 0 Å². The van der Waals surface area contributed by atoms with Gasteiger partial charge in [0.05, 0.1) is 5.52 Å². The second-order valence-corrected chi connectivity index (χ2v) is 5.66. The molecule has 3 N–H and O–H groups in total. The van der Waals surface area contributed by atoms with Crippen molar-refractivity contribution in [2.75, 3.05) is 5.73 Å². The van der Waals surface area contributed by atoms with E-state index >= 15 is 0 Å². The van der Waals surface area contributed by atoms with Crippen LogP contribution < -0.4 is 5.73 Å². The van der Waals surface area contributed by atoms with Crippen LogP contribution in [-0.2, 0) is 5.41 Å². The smallest absolute Gasteiger partial charge is 0.177 e. The number of aromatic nitrogens is 3. The van der Waals surface area contributed by atoms with Crippen molar-refractivity contribution in [1.82, 2.24) is 15.0 Å². The van der Waals surface area contributed by atoms with Crippen LogP contribution in [0, 0.1) is 6.92 Å². The molecule has 0 amide bonds. The molecule has 1 aromatic carbocycles. The summed E-state index contributed by atoms with van der Waals surface area (Å²) in [6.45, 7) is 6.26. The zero-order valence-electron chi connectivity index (χ0n) is 11.9. The van der Waals surface area contributed by atoms with Gasteiger partial charge in [0.1, 0.15) is 5.82 Å². The maximum atomic E-state index is 5.75. The molecular formula is C16H18N4. The molecule has 0 unspecified atom stereocenters. The van der Waals surface area contributed by atoms with E-state index in [0.717, 1.165) is 28.4 Å². The van der Waals surface area contributed by atoms with Crippen molar-refractivity contribution >= 4 is 16.9 Å². The van der Waals surface area contributed by atoms with E-state index in [1.807, 2.05) is 43.3 Å². The van der Waals surface area contributed by atoms with Crippen LogP contribution in [0.3, 0.4) is 0 Å². The van der Waals surface area contributed by atoms with Crippen LogP contribution in [0.1, 0.15) is 30.9 Å². The first kappa shape index (κ1) is 12.7. The Hall–Kier alpha value is -2.36. The molecule has 0 aliphatic carbocycles. The number of benzene rings is 1. The first-order valence-electron chi connectivity index (χ1n) is 6.67. The summed E-state index contributed by atoms with van der Waals surface area (Å²) in [6.07, 6.45) is 0. The number of nitrogens with one attached hydrogen (secondary N) is 1. The highest BCUT2D eigenvalue weighted by molar-refractivity contribution is 5.71. The van der Waals surface area contributed by atoms with Gasteiger partial charge in [-0.15, -0.1) is 0 Å². The summed E-state index contributed by atoms with van der Waals surface area (Å²) in [4.78, 5) is 12.5. The summed E-state index contributed by atoms with van der Waals surface area (Å²) >= 11 is 0. The van der Waals surface area contributed by atoms with Gasteiger partial charge in [0, 0.05) is 16.8 Å². The topological polar surface area (TPSA) is 67.6 Å². The molecule has 4 nitrogen and oxygen atoms in total. The molecule has 102 valence electrons. The van der Waals surface area contributed by atoms with Crippen molar-refractivity contribution in [3.05, 3.63) is 53.5 Å². The summed E-state index contributed by atoms with van der Waals surface area (Å²) < 4.78 is 0. The summed E-state index contributed by atoms with van der Waals surface area (Å²) in [5.41, 5.74) is 10.2. The summed E-state index contributed by atoms with van der Waals surface area (Å²) in [5, 5.41) is 0. The molecule has 4 heteroatoms. The lowest BCUT2D eigenvalue weighted by molar-refractivity contribution is 0.601. The molecule has 3 rings (SSSR count). The number of imidazole rings is 1. The van der Waals surface area contributed by atoms with E-state index in [1.165, 1.54) is 5.56 Å². The van der Waals surface area contributed by atoms with Gasteiger partial charge in [0.2, 0.25) is 0 Å². The van der Waals surface area contributed by atoms with Gasteiger partial charge in [-0.1, -0.05) is 12.1 Å². The number of hydrogen-bond acceptors (Lipinski definition) is 3. The number of nitrogens with zero attached hydrogens (tertiary/aromatic N) is 2. The normalized spacial score (nSPS) is 11.9. The van der Waals surface area contributed by atoms with Gasteiger partial charge in [0.15, 0.2) is 5.65 Å². The highest BCUT2D eigenvalue weighted by Crippen LogP contribution is 2.30. The molecule has 3 aromatic rings. The molecular weight excluding hydrogens is 248 g/mol. The van der Waals surface area contributed by atoms with E-state index in [0.29, 0.717) is 0 Å². The minimum Gasteiger partial charge on any atom is -0.399 e. The number of nitrogen functional groups attached to an aromatic ring is 1. The number of hydrogen-bond donors (Lipinski definition) is 2. The monoisotopic (exact) mass is 266 g/mol. The fourth-order valence-electron chi connectivity index (χ4n) is 2.32. The molecule has 2 aromatic heterocycles. The molecule has 0 aliphatic heterocycles. The van der Waals surface area contributed by atoms with Crippen LogP contribution in [0.25, 0.3) is 11.2 Å². The molecule has 0 radical (unpaired) electrons. The Morgan fingerprint density at radius 2 is 1.70 bits per heavy atom. The molecule has 0 fully saturated rings. The number of pyridine rings is 1. The predicted molar refractivity (Wildman–Crippen MR) is 81.6 cm³/mol. The summed E-state index contributed by atoms with van der Waals surface area (Å²) in [6, 6.07) is 11.9. The van der Waals surface area contributed by atoms with Crippen LogP contribution in [-0.4, -0.2) is 15.0 Å². The Morgan fingerprint density at radius 1 is 1.00 bits per heavy atom. The van der Waals surface area contributed by atoms with E-state index < -0.39 is 0 Å². The lowest BCUT2D eigenvalue weighted by atomic mass is 9.84. The zero-order valence-corrected chi connectivity index (χ0v) is 11.9. The van der Waals surface area contributed by atoms with Gasteiger partial charge in [-0.05, 0) is 50.6 Å². The highest BCUT2D eigenvalue weighted by atomic mass is 15.0. The highest BCUT2D eigenvalue weighted by Gasteiger charge is 2.27. The SMILES string of the molecule is Cc1ccc2[nH]c(C(C)(C)c3ccc(N)cc3)nc2n1. The first-order valence-corrected chi connectivity index (χ1v) is 6.67. The van der Waals surface area contributed by atoms with Crippen molar-refractivity contribution in [3.8, 4) is 0 Å². The van der Waals surface area contributed by atoms with E-state index in [-0.39, 0.29) is 5.41 Å². The van der Waals surface area contributed by atoms with Crippen LogP contribution in [0.15, 0.2) is 36.4 Å². The molecule has 0 saturated heterocycles. The molecule has 0 saturated carbocycles. The molecule has 2 heterocycles. The Kier molecular flexibility index (Phi) is 2.74. The van der Waals surface area contributed by atoms with Gasteiger partial charge in [-0.3, -0.25) is 0 Å². The quantitative estimate of drug-likeness (QED) is 0.700. The second kappa shape index (κ2) is 4.34. The van der Waals surface area contributed by atoms with Gasteiger partial charge in [-0.25, -0.2) is 9.97 Å². The number of rotatable bonds is 2. The summed E-state index contributed by atoms with van der Waals surface area (Å²) in [7, 11) is 0. The standard InChI is InChI=1S/C16H18N4/c1-10-4-9-13-14(18-10)20-15(19-13)16(2,3)11-5-7-12(17)8-6-11/h4-9H,17H2,1-3H3,(H,18,19,20). The van der Waals surface area contributed by atoms with Crippen molar-refractivity contribution in [2.45, 2.75) is 26.2 Å². The van der Waals surface area contributed by atoms with Gasteiger partial charge >= 0.3 is 0 Å². The number of H-pyrrole nitrogens is 1. The lowest BCUT2D eigenvalue weighted by Crippen LogP contribution is -2.20. The molecule has 0 aliphatic rings. The van der Waals surface area contributed by atoms with Gasteiger partial charge < -0.3 is 10.7 Å². The summed E-state index contributed by atoms with van der Waals surface area (Å²) in [5.74, 6) is 0.912. The lowest BCUT2D eigenvalue weighted by Gasteiger charge is -2.22. The largest absolute Gasteiger partial charge is 0.399 e. The van der Waals surface area contributed by atoms with Crippen molar-refractivity contribution in [1.29, 1.82) is 0 Å². The molecule has 0 atom stereocenters. The maximum absolute atomic E-state index is 5.75. The maximum Gasteiger partial charge on any atom is 0.177 e. The predicted octanol–water partition coefficient (Wildman–Crippen LogP) is 3.17. The fraction of sp³-hybridized carbons (Fsp3) is 0.250. The third-order valence-electron chi connectivity index (χ3n) is 3.71. The number of nitrogens with two attached hydrogens (primary N) is 1. The van der Waals surface area contributed by atoms with Crippen LogP contribution in [0.4, 0.5) is 5.69 Å². The average molecular weight is 266 g/mol. The number of anilines is 1. The van der Waals surface area contributed by atoms with E-state index in [1.54, 1.807) is 0 Å². The minimum atomic E-state index is -0.220. The average Bonchev–Trinajstić information content (AvgIpc) is 2.83. The molecule has 0 bridgehead atoms. The Morgan fingerprint density at radius 3 is 2.40 bits per heavy atom. The van der Waals surface area contributed by atoms with Gasteiger partial charge in [0.25, 0.3) is 0 Å². The number of fused-ring (bicyclic) bond motifs is 1. The van der Waals surface area contributed by atoms with Crippen LogP contribution in [0.2, 0.25) is 0 Å². The Labute approximate surface area is 118 Å². The minimum absolute atomic E-state index is 0.220. The molecule has 20 heavy (non-hydrogen) atoms. The second-order valence-electron chi connectivity index (χ2n) is 5.66.